The molecule has 3 aromatic rings. The van der Waals surface area contributed by atoms with Crippen LogP contribution >= 0.6 is 0 Å². The molecule has 1 aromatic carbocycles. The summed E-state index contributed by atoms with van der Waals surface area (Å²) in [6, 6.07) is 15.6. The number of rotatable bonds is 8. The predicted molar refractivity (Wildman–Crippen MR) is 115 cm³/mol. The van der Waals surface area contributed by atoms with Crippen LogP contribution in [0.15, 0.2) is 54.7 Å². The van der Waals surface area contributed by atoms with Gasteiger partial charge in [-0.25, -0.2) is 0 Å². The molecule has 1 amide bonds. The van der Waals surface area contributed by atoms with Crippen LogP contribution in [0.2, 0.25) is 0 Å². The molecule has 0 N–H and O–H groups in total. The highest BCUT2D eigenvalue weighted by atomic mass is 16.5. The van der Waals surface area contributed by atoms with E-state index in [0.717, 1.165) is 22.7 Å². The van der Waals surface area contributed by atoms with Gasteiger partial charge in [-0.2, -0.15) is 5.10 Å². The van der Waals surface area contributed by atoms with E-state index in [2.05, 4.69) is 17.0 Å². The highest BCUT2D eigenvalue weighted by molar-refractivity contribution is 5.92. The summed E-state index contributed by atoms with van der Waals surface area (Å²) in [5.74, 6) is 1.46. The van der Waals surface area contributed by atoms with Crippen LogP contribution in [-0.4, -0.2) is 31.7 Å². The molecule has 1 atom stereocenters. The van der Waals surface area contributed by atoms with Crippen molar-refractivity contribution in [2.75, 3.05) is 0 Å². The van der Waals surface area contributed by atoms with E-state index in [0.29, 0.717) is 24.7 Å². The highest BCUT2D eigenvalue weighted by Crippen LogP contribution is 2.34. The average Bonchev–Trinajstić information content (AvgIpc) is 3.52. The minimum absolute atomic E-state index is 0.0681. The van der Waals surface area contributed by atoms with Crippen molar-refractivity contribution in [1.82, 2.24) is 19.7 Å². The molecule has 1 unspecified atom stereocenters. The summed E-state index contributed by atoms with van der Waals surface area (Å²) in [6.07, 6.45) is 4.47. The predicted octanol–water partition coefficient (Wildman–Crippen LogP) is 4.14. The van der Waals surface area contributed by atoms with E-state index in [9.17, 15) is 4.79 Å². The maximum absolute atomic E-state index is 13.4. The Kier molecular flexibility index (Phi) is 5.84. The zero-order valence-corrected chi connectivity index (χ0v) is 17.8. The monoisotopic (exact) mass is 404 g/mol. The van der Waals surface area contributed by atoms with Crippen LogP contribution in [0.3, 0.4) is 0 Å². The standard InChI is InChI=1S/C24H28N4O2/c1-17-13-23(27(3)26-17)24(29)28(16-21-8-4-5-12-25-21)15-19-7-6-9-22(14-19)30-18(2)20-10-11-20/h4-9,12-14,18,20H,10-11,15-16H2,1-3H3. The van der Waals surface area contributed by atoms with Crippen molar-refractivity contribution in [2.45, 2.75) is 45.9 Å². The van der Waals surface area contributed by atoms with Gasteiger partial charge in [-0.15, -0.1) is 0 Å². The van der Waals surface area contributed by atoms with Crippen LogP contribution in [0.1, 0.15) is 47.2 Å². The molecule has 2 aromatic heterocycles. The molecule has 1 aliphatic rings. The molecule has 156 valence electrons. The lowest BCUT2D eigenvalue weighted by Gasteiger charge is -2.23. The Hall–Kier alpha value is -3.15. The van der Waals surface area contributed by atoms with Crippen molar-refractivity contribution >= 4 is 5.91 Å². The molecule has 0 saturated heterocycles. The van der Waals surface area contributed by atoms with Gasteiger partial charge in [0, 0.05) is 19.8 Å². The summed E-state index contributed by atoms with van der Waals surface area (Å²) in [5, 5.41) is 4.33. The number of ether oxygens (including phenoxy) is 1. The van der Waals surface area contributed by atoms with Gasteiger partial charge < -0.3 is 9.64 Å². The fraction of sp³-hybridized carbons (Fsp3) is 0.375. The molecule has 4 rings (SSSR count). The Morgan fingerprint density at radius 1 is 1.20 bits per heavy atom. The van der Waals surface area contributed by atoms with Gasteiger partial charge in [-0.05, 0) is 68.5 Å². The summed E-state index contributed by atoms with van der Waals surface area (Å²) in [7, 11) is 1.80. The van der Waals surface area contributed by atoms with E-state index in [4.69, 9.17) is 4.74 Å². The lowest BCUT2D eigenvalue weighted by Crippen LogP contribution is -2.32. The first-order chi connectivity index (χ1) is 14.5. The SMILES string of the molecule is Cc1cc(C(=O)N(Cc2cccc(OC(C)C3CC3)c2)Cc2ccccn2)n(C)n1. The quantitative estimate of drug-likeness (QED) is 0.566. The largest absolute Gasteiger partial charge is 0.490 e. The number of hydrogen-bond donors (Lipinski definition) is 0. The molecule has 1 aliphatic carbocycles. The van der Waals surface area contributed by atoms with Crippen molar-refractivity contribution in [3.05, 3.63) is 77.4 Å². The van der Waals surface area contributed by atoms with Crippen LogP contribution in [0, 0.1) is 12.8 Å². The molecule has 6 nitrogen and oxygen atoms in total. The third-order valence-corrected chi connectivity index (χ3v) is 5.47. The Morgan fingerprint density at radius 3 is 2.70 bits per heavy atom. The van der Waals surface area contributed by atoms with Crippen LogP contribution in [0.5, 0.6) is 5.75 Å². The number of pyridine rings is 1. The summed E-state index contributed by atoms with van der Waals surface area (Å²) >= 11 is 0. The molecule has 1 saturated carbocycles. The number of hydrogen-bond acceptors (Lipinski definition) is 4. The first-order valence-electron chi connectivity index (χ1n) is 10.4. The molecule has 6 heteroatoms. The van der Waals surface area contributed by atoms with Crippen LogP contribution < -0.4 is 4.74 Å². The van der Waals surface area contributed by atoms with Crippen LogP contribution in [-0.2, 0) is 20.1 Å². The van der Waals surface area contributed by atoms with Crippen molar-refractivity contribution in [3.8, 4) is 5.75 Å². The second-order valence-electron chi connectivity index (χ2n) is 8.08. The highest BCUT2D eigenvalue weighted by Gasteiger charge is 2.29. The van der Waals surface area contributed by atoms with Gasteiger partial charge in [0.15, 0.2) is 0 Å². The first kappa shape index (κ1) is 20.1. The Balaban J connectivity index is 1.56. The summed E-state index contributed by atoms with van der Waals surface area (Å²) in [5.41, 5.74) is 3.26. The number of amides is 1. The number of nitrogens with zero attached hydrogens (tertiary/aromatic N) is 4. The van der Waals surface area contributed by atoms with Gasteiger partial charge >= 0.3 is 0 Å². The van der Waals surface area contributed by atoms with Crippen molar-refractivity contribution in [3.63, 3.8) is 0 Å². The van der Waals surface area contributed by atoms with Gasteiger partial charge in [0.05, 0.1) is 24.0 Å². The third kappa shape index (κ3) is 4.87. The fourth-order valence-corrected chi connectivity index (χ4v) is 3.67. The molecule has 2 heterocycles. The number of benzene rings is 1. The molecular formula is C24H28N4O2. The van der Waals surface area contributed by atoms with E-state index in [-0.39, 0.29) is 12.0 Å². The maximum Gasteiger partial charge on any atom is 0.272 e. The van der Waals surface area contributed by atoms with E-state index in [1.807, 2.05) is 60.4 Å². The molecule has 1 fully saturated rings. The zero-order chi connectivity index (χ0) is 21.1. The van der Waals surface area contributed by atoms with E-state index < -0.39 is 0 Å². The normalized spacial score (nSPS) is 14.4. The Labute approximate surface area is 177 Å². The summed E-state index contributed by atoms with van der Waals surface area (Å²) in [4.78, 5) is 19.6. The van der Waals surface area contributed by atoms with Gasteiger partial charge in [-0.1, -0.05) is 18.2 Å². The molecule has 0 bridgehead atoms. The molecule has 0 spiro atoms. The van der Waals surface area contributed by atoms with Crippen molar-refractivity contribution in [1.29, 1.82) is 0 Å². The maximum atomic E-state index is 13.4. The van der Waals surface area contributed by atoms with Crippen LogP contribution in [0.4, 0.5) is 0 Å². The van der Waals surface area contributed by atoms with Gasteiger partial charge in [-0.3, -0.25) is 14.5 Å². The number of aromatic nitrogens is 3. The molecule has 0 aliphatic heterocycles. The Bertz CT molecular complexity index is 1010. The third-order valence-electron chi connectivity index (χ3n) is 5.47. The molecular weight excluding hydrogens is 376 g/mol. The van der Waals surface area contributed by atoms with E-state index >= 15 is 0 Å². The van der Waals surface area contributed by atoms with Gasteiger partial charge in [0.25, 0.3) is 5.91 Å². The van der Waals surface area contributed by atoms with Gasteiger partial charge in [0.1, 0.15) is 11.4 Å². The van der Waals surface area contributed by atoms with Crippen LogP contribution in [0.25, 0.3) is 0 Å². The number of carbonyl (C=O) groups is 1. The average molecular weight is 405 g/mol. The lowest BCUT2D eigenvalue weighted by molar-refractivity contribution is 0.0716. The van der Waals surface area contributed by atoms with Crippen molar-refractivity contribution in [2.24, 2.45) is 13.0 Å². The zero-order valence-electron chi connectivity index (χ0n) is 17.8. The minimum Gasteiger partial charge on any atom is -0.490 e. The minimum atomic E-state index is -0.0681. The summed E-state index contributed by atoms with van der Waals surface area (Å²) in [6.45, 7) is 4.91. The number of carbonyl (C=O) groups excluding carboxylic acids is 1. The topological polar surface area (TPSA) is 60.3 Å². The number of aryl methyl sites for hydroxylation is 2. The van der Waals surface area contributed by atoms with E-state index in [1.54, 1.807) is 17.9 Å². The van der Waals surface area contributed by atoms with E-state index in [1.165, 1.54) is 12.8 Å². The second-order valence-corrected chi connectivity index (χ2v) is 8.08. The first-order valence-corrected chi connectivity index (χ1v) is 10.4. The van der Waals surface area contributed by atoms with Gasteiger partial charge in [0.2, 0.25) is 0 Å². The van der Waals surface area contributed by atoms with Crippen molar-refractivity contribution < 1.29 is 9.53 Å². The molecule has 0 radical (unpaired) electrons. The second kappa shape index (κ2) is 8.69. The Morgan fingerprint density at radius 2 is 2.03 bits per heavy atom. The summed E-state index contributed by atoms with van der Waals surface area (Å²) < 4.78 is 7.76. The smallest absolute Gasteiger partial charge is 0.272 e. The molecule has 30 heavy (non-hydrogen) atoms. The fourth-order valence-electron chi connectivity index (χ4n) is 3.67. The lowest BCUT2D eigenvalue weighted by atomic mass is 10.1.